The minimum Gasteiger partial charge on any atom is -0.454 e. The van der Waals surface area contributed by atoms with Crippen molar-refractivity contribution in [1.29, 1.82) is 0 Å². The van der Waals surface area contributed by atoms with Crippen LogP contribution in [0.15, 0.2) is 66.7 Å². The topological polar surface area (TPSA) is 60.5 Å². The highest BCUT2D eigenvalue weighted by Gasteiger charge is 2.18. The normalized spacial score (nSPS) is 12.2. The monoisotopic (exact) mass is 436 g/mol. The van der Waals surface area contributed by atoms with E-state index in [9.17, 15) is 4.79 Å². The van der Waals surface area contributed by atoms with E-state index in [0.29, 0.717) is 44.0 Å². The van der Waals surface area contributed by atoms with Crippen LogP contribution in [0.2, 0.25) is 10.0 Å². The minimum atomic E-state index is -0.283. The summed E-state index contributed by atoms with van der Waals surface area (Å²) in [7, 11) is 0. The minimum absolute atomic E-state index is 0.194. The van der Waals surface area contributed by atoms with Crippen molar-refractivity contribution in [2.75, 3.05) is 12.1 Å². The molecule has 3 aromatic carbocycles. The number of hydrogen-bond acceptors (Lipinski definition) is 4. The smallest absolute Gasteiger partial charge is 0.256 e. The molecule has 0 bridgehead atoms. The summed E-state index contributed by atoms with van der Waals surface area (Å²) in [6.07, 6.45) is 0. The van der Waals surface area contributed by atoms with Gasteiger partial charge in [-0.2, -0.15) is 0 Å². The zero-order valence-corrected chi connectivity index (χ0v) is 17.0. The van der Waals surface area contributed by atoms with E-state index in [-0.39, 0.29) is 12.7 Å². The Balaban J connectivity index is 1.59. The van der Waals surface area contributed by atoms with Gasteiger partial charge < -0.3 is 14.8 Å². The number of amides is 1. The lowest BCUT2D eigenvalue weighted by Gasteiger charge is -2.11. The van der Waals surface area contributed by atoms with Gasteiger partial charge in [-0.1, -0.05) is 41.4 Å². The van der Waals surface area contributed by atoms with Crippen molar-refractivity contribution in [2.45, 2.75) is 0 Å². The molecule has 0 atom stereocenters. The first-order chi connectivity index (χ1) is 14.6. The Morgan fingerprint density at radius 3 is 2.50 bits per heavy atom. The lowest BCUT2D eigenvalue weighted by Crippen LogP contribution is -2.13. The van der Waals surface area contributed by atoms with Gasteiger partial charge in [-0.05, 0) is 48.5 Å². The van der Waals surface area contributed by atoms with Gasteiger partial charge in [0.2, 0.25) is 6.79 Å². The van der Waals surface area contributed by atoms with Crippen LogP contribution in [0.25, 0.3) is 22.2 Å². The van der Waals surface area contributed by atoms with E-state index in [1.807, 2.05) is 42.5 Å². The Hall–Kier alpha value is -3.28. The molecule has 0 unspecified atom stereocenters. The van der Waals surface area contributed by atoms with Gasteiger partial charge in [-0.25, -0.2) is 4.98 Å². The summed E-state index contributed by atoms with van der Waals surface area (Å²) >= 11 is 12.1. The molecular weight excluding hydrogens is 423 g/mol. The number of fused-ring (bicyclic) bond motifs is 2. The van der Waals surface area contributed by atoms with Gasteiger partial charge in [0.05, 0.1) is 16.8 Å². The van der Waals surface area contributed by atoms with Crippen molar-refractivity contribution in [3.8, 4) is 22.8 Å². The molecule has 1 aromatic heterocycles. The zero-order valence-electron chi connectivity index (χ0n) is 15.5. The number of rotatable bonds is 3. The summed E-state index contributed by atoms with van der Waals surface area (Å²) in [4.78, 5) is 17.9. The first kappa shape index (κ1) is 18.7. The summed E-state index contributed by atoms with van der Waals surface area (Å²) in [5, 5.41) is 4.50. The maximum absolute atomic E-state index is 13.2. The van der Waals surface area contributed by atoms with Gasteiger partial charge >= 0.3 is 0 Å². The number of benzene rings is 3. The molecule has 0 saturated heterocycles. The molecule has 30 heavy (non-hydrogen) atoms. The Morgan fingerprint density at radius 2 is 1.67 bits per heavy atom. The maximum Gasteiger partial charge on any atom is 0.256 e. The highest BCUT2D eigenvalue weighted by atomic mass is 35.5. The van der Waals surface area contributed by atoms with Crippen molar-refractivity contribution < 1.29 is 14.3 Å². The Bertz CT molecular complexity index is 1290. The van der Waals surface area contributed by atoms with E-state index in [1.165, 1.54) is 0 Å². The second-order valence-corrected chi connectivity index (χ2v) is 7.63. The molecule has 0 radical (unpaired) electrons. The van der Waals surface area contributed by atoms with Crippen LogP contribution in [-0.4, -0.2) is 17.7 Å². The van der Waals surface area contributed by atoms with E-state index in [1.54, 1.807) is 24.3 Å². The van der Waals surface area contributed by atoms with Crippen LogP contribution in [0.4, 0.5) is 5.69 Å². The lowest BCUT2D eigenvalue weighted by atomic mass is 10.0. The molecule has 5 rings (SSSR count). The SMILES string of the molecule is O=C(Nc1cc(Cl)cc(Cl)c1)c1cc(-c2ccc3c(c2)OCO3)nc2ccccc12. The average molecular weight is 437 g/mol. The van der Waals surface area contributed by atoms with E-state index in [4.69, 9.17) is 37.7 Å². The third kappa shape index (κ3) is 3.54. The third-order valence-corrected chi connectivity index (χ3v) is 5.19. The number of hydrogen-bond donors (Lipinski definition) is 1. The molecule has 4 aromatic rings. The summed E-state index contributed by atoms with van der Waals surface area (Å²) < 4.78 is 10.9. The van der Waals surface area contributed by atoms with Gasteiger partial charge in [0, 0.05) is 26.7 Å². The number of carbonyl (C=O) groups excluding carboxylic acids is 1. The zero-order chi connectivity index (χ0) is 20.7. The molecule has 1 aliphatic heterocycles. The highest BCUT2D eigenvalue weighted by Crippen LogP contribution is 2.36. The molecule has 1 N–H and O–H groups in total. The predicted octanol–water partition coefficient (Wildman–Crippen LogP) is 6.19. The van der Waals surface area contributed by atoms with Gasteiger partial charge in [0.15, 0.2) is 11.5 Å². The van der Waals surface area contributed by atoms with Crippen LogP contribution in [0.3, 0.4) is 0 Å². The number of para-hydroxylation sites is 1. The fourth-order valence-electron chi connectivity index (χ4n) is 3.39. The second kappa shape index (κ2) is 7.52. The van der Waals surface area contributed by atoms with E-state index >= 15 is 0 Å². The summed E-state index contributed by atoms with van der Waals surface area (Å²) in [6, 6.07) is 19.8. The molecular formula is C23H14Cl2N2O3. The van der Waals surface area contributed by atoms with Gasteiger partial charge in [0.25, 0.3) is 5.91 Å². The van der Waals surface area contributed by atoms with Crippen LogP contribution in [0.1, 0.15) is 10.4 Å². The number of halogens is 2. The third-order valence-electron chi connectivity index (χ3n) is 4.75. The number of pyridine rings is 1. The van der Waals surface area contributed by atoms with Crippen LogP contribution in [0.5, 0.6) is 11.5 Å². The maximum atomic E-state index is 13.2. The predicted molar refractivity (Wildman–Crippen MR) is 118 cm³/mol. The van der Waals surface area contributed by atoms with Crippen LogP contribution in [-0.2, 0) is 0 Å². The Kier molecular flexibility index (Phi) is 4.69. The van der Waals surface area contributed by atoms with Crippen molar-refractivity contribution in [1.82, 2.24) is 4.98 Å². The van der Waals surface area contributed by atoms with Crippen LogP contribution >= 0.6 is 23.2 Å². The van der Waals surface area contributed by atoms with E-state index in [2.05, 4.69) is 5.32 Å². The fraction of sp³-hybridized carbons (Fsp3) is 0.0435. The van der Waals surface area contributed by atoms with Crippen LogP contribution in [0, 0.1) is 0 Å². The molecule has 0 fully saturated rings. The quantitative estimate of drug-likeness (QED) is 0.415. The number of carbonyl (C=O) groups is 1. The largest absolute Gasteiger partial charge is 0.454 e. The second-order valence-electron chi connectivity index (χ2n) is 6.75. The molecule has 1 amide bonds. The summed E-state index contributed by atoms with van der Waals surface area (Å²) in [5.41, 5.74) is 3.19. The Labute approximate surface area is 182 Å². The molecule has 7 heteroatoms. The van der Waals surface area contributed by atoms with Gasteiger partial charge in [-0.3, -0.25) is 4.79 Å². The van der Waals surface area contributed by atoms with E-state index in [0.717, 1.165) is 10.9 Å². The number of nitrogens with zero attached hydrogens (tertiary/aromatic N) is 1. The fourth-order valence-corrected chi connectivity index (χ4v) is 3.92. The molecule has 0 aliphatic carbocycles. The number of nitrogens with one attached hydrogen (secondary N) is 1. The molecule has 148 valence electrons. The molecule has 1 aliphatic rings. The van der Waals surface area contributed by atoms with Crippen molar-refractivity contribution in [3.63, 3.8) is 0 Å². The highest BCUT2D eigenvalue weighted by molar-refractivity contribution is 6.35. The molecule has 0 saturated carbocycles. The van der Waals surface area contributed by atoms with Crippen LogP contribution < -0.4 is 14.8 Å². The van der Waals surface area contributed by atoms with Gasteiger partial charge in [-0.15, -0.1) is 0 Å². The lowest BCUT2D eigenvalue weighted by molar-refractivity contribution is 0.102. The molecule has 0 spiro atoms. The number of ether oxygens (including phenoxy) is 2. The summed E-state index contributed by atoms with van der Waals surface area (Å²) in [5.74, 6) is 1.06. The van der Waals surface area contributed by atoms with Crippen molar-refractivity contribution in [3.05, 3.63) is 82.3 Å². The number of anilines is 1. The molecule has 5 nitrogen and oxygen atoms in total. The number of aromatic nitrogens is 1. The average Bonchev–Trinajstić information content (AvgIpc) is 3.20. The molecule has 2 heterocycles. The first-order valence-corrected chi connectivity index (χ1v) is 9.90. The first-order valence-electron chi connectivity index (χ1n) is 9.14. The van der Waals surface area contributed by atoms with Gasteiger partial charge in [0.1, 0.15) is 0 Å². The van der Waals surface area contributed by atoms with E-state index < -0.39 is 0 Å². The van der Waals surface area contributed by atoms with Crippen molar-refractivity contribution >= 4 is 45.7 Å². The summed E-state index contributed by atoms with van der Waals surface area (Å²) in [6.45, 7) is 0.194. The van der Waals surface area contributed by atoms with Crippen molar-refractivity contribution in [2.24, 2.45) is 0 Å². The Morgan fingerprint density at radius 1 is 0.900 bits per heavy atom. The standard InChI is InChI=1S/C23H14Cl2N2O3/c24-14-8-15(25)10-16(9-14)26-23(28)18-11-20(27-19-4-2-1-3-17(18)19)13-5-6-21-22(7-13)30-12-29-21/h1-11H,12H2,(H,26,28).